The highest BCUT2D eigenvalue weighted by Crippen LogP contribution is 2.37. The molecule has 1 unspecified atom stereocenters. The Morgan fingerprint density at radius 1 is 1.12 bits per heavy atom. The van der Waals surface area contributed by atoms with E-state index in [1.54, 1.807) is 23.6 Å². The summed E-state index contributed by atoms with van der Waals surface area (Å²) < 4.78 is 12.3. The largest absolute Gasteiger partial charge is 0.460 e. The van der Waals surface area contributed by atoms with E-state index in [1.165, 1.54) is 16.7 Å². The lowest BCUT2D eigenvalue weighted by Crippen LogP contribution is -2.30. The van der Waals surface area contributed by atoms with Crippen LogP contribution in [0.25, 0.3) is 0 Å². The minimum absolute atomic E-state index is 0.190. The summed E-state index contributed by atoms with van der Waals surface area (Å²) in [6.45, 7) is 6.61. The summed E-state index contributed by atoms with van der Waals surface area (Å²) in [5, 5.41) is 8.70. The fourth-order valence-electron chi connectivity index (χ4n) is 3.95. The van der Waals surface area contributed by atoms with Crippen LogP contribution in [0, 0.1) is 6.92 Å². The predicted molar refractivity (Wildman–Crippen MR) is 134 cm³/mol. The Labute approximate surface area is 204 Å². The number of carbonyl (C=O) groups excluding carboxylic acids is 1. The second-order valence-electron chi connectivity index (χ2n) is 8.23. The molecule has 0 aliphatic carbocycles. The van der Waals surface area contributed by atoms with Crippen molar-refractivity contribution in [3.63, 3.8) is 0 Å². The van der Waals surface area contributed by atoms with E-state index in [2.05, 4.69) is 67.7 Å². The van der Waals surface area contributed by atoms with Gasteiger partial charge in [-0.25, -0.2) is 9.48 Å². The number of nitrogens with one attached hydrogen (secondary N) is 1. The van der Waals surface area contributed by atoms with Gasteiger partial charge in [-0.05, 0) is 37.0 Å². The highest BCUT2D eigenvalue weighted by Gasteiger charge is 2.35. The van der Waals surface area contributed by atoms with E-state index in [-0.39, 0.29) is 12.6 Å². The van der Waals surface area contributed by atoms with Gasteiger partial charge in [0.15, 0.2) is 0 Å². The maximum Gasteiger partial charge on any atom is 0.338 e. The molecule has 34 heavy (non-hydrogen) atoms. The van der Waals surface area contributed by atoms with Crippen molar-refractivity contribution in [1.82, 2.24) is 14.8 Å². The van der Waals surface area contributed by atoms with Crippen molar-refractivity contribution < 1.29 is 14.3 Å². The first-order chi connectivity index (χ1) is 16.5. The molecule has 0 spiro atoms. The van der Waals surface area contributed by atoms with Gasteiger partial charge < -0.3 is 14.8 Å². The minimum Gasteiger partial charge on any atom is -0.460 e. The molecule has 0 radical (unpaired) electrons. The number of allylic oxidation sites excluding steroid dienone is 1. The summed E-state index contributed by atoms with van der Waals surface area (Å²) in [4.78, 5) is 17.8. The number of nitrogens with zero attached hydrogens (tertiary/aromatic N) is 3. The smallest absolute Gasteiger partial charge is 0.338 e. The van der Waals surface area contributed by atoms with E-state index in [0.717, 1.165) is 17.7 Å². The van der Waals surface area contributed by atoms with Gasteiger partial charge in [0.2, 0.25) is 11.1 Å². The number of ether oxygens (including phenoxy) is 2. The average Bonchev–Trinajstić information content (AvgIpc) is 3.24. The van der Waals surface area contributed by atoms with Crippen LogP contribution in [0.1, 0.15) is 42.1 Å². The van der Waals surface area contributed by atoms with Crippen LogP contribution in [0.3, 0.4) is 0 Å². The van der Waals surface area contributed by atoms with Crippen molar-refractivity contribution in [3.8, 4) is 0 Å². The Bertz CT molecular complexity index is 1190. The number of hydrogen-bond acceptors (Lipinski definition) is 7. The molecule has 1 aliphatic heterocycles. The molecule has 1 aliphatic rings. The molecule has 2 aromatic carbocycles. The molecule has 178 valence electrons. The number of aryl methyl sites for hydroxylation is 2. The van der Waals surface area contributed by atoms with E-state index in [4.69, 9.17) is 19.6 Å². The molecule has 2 heterocycles. The molecule has 0 saturated heterocycles. The number of esters is 1. The molecule has 0 amide bonds. The highest BCUT2D eigenvalue weighted by atomic mass is 32.2. The van der Waals surface area contributed by atoms with Crippen LogP contribution in [0.15, 0.2) is 65.0 Å². The maximum absolute atomic E-state index is 13.1. The number of carbonyl (C=O) groups is 1. The summed E-state index contributed by atoms with van der Waals surface area (Å²) in [6.07, 6.45) is 0.946. The number of methoxy groups -OCH3 is 1. The van der Waals surface area contributed by atoms with Crippen molar-refractivity contribution >= 4 is 23.7 Å². The summed E-state index contributed by atoms with van der Waals surface area (Å²) in [6, 6.07) is 16.3. The lowest BCUT2D eigenvalue weighted by Gasteiger charge is -2.28. The van der Waals surface area contributed by atoms with Gasteiger partial charge >= 0.3 is 5.97 Å². The summed E-state index contributed by atoms with van der Waals surface area (Å²) in [5.74, 6) is 0.989. The van der Waals surface area contributed by atoms with Crippen LogP contribution in [-0.4, -0.2) is 41.1 Å². The van der Waals surface area contributed by atoms with Gasteiger partial charge in [0.05, 0.1) is 12.2 Å². The first-order valence-corrected chi connectivity index (χ1v) is 12.4. The van der Waals surface area contributed by atoms with E-state index < -0.39 is 6.04 Å². The summed E-state index contributed by atoms with van der Waals surface area (Å²) >= 11 is 1.57. The molecule has 4 rings (SSSR count). The number of anilines is 1. The van der Waals surface area contributed by atoms with Crippen molar-refractivity contribution in [2.45, 2.75) is 44.1 Å². The molecule has 1 atom stereocenters. The Kier molecular flexibility index (Phi) is 7.70. The first-order valence-electron chi connectivity index (χ1n) is 11.4. The van der Waals surface area contributed by atoms with Gasteiger partial charge in [-0.15, -0.1) is 5.10 Å². The molecule has 1 aromatic heterocycles. The van der Waals surface area contributed by atoms with Gasteiger partial charge in [0, 0.05) is 18.6 Å². The van der Waals surface area contributed by atoms with Crippen LogP contribution < -0.4 is 5.32 Å². The topological polar surface area (TPSA) is 78.3 Å². The zero-order valence-electron chi connectivity index (χ0n) is 20.0. The Morgan fingerprint density at radius 3 is 2.62 bits per heavy atom. The molecule has 0 saturated carbocycles. The van der Waals surface area contributed by atoms with Crippen LogP contribution in [0.4, 0.5) is 5.95 Å². The first kappa shape index (κ1) is 24.0. The van der Waals surface area contributed by atoms with Crippen molar-refractivity contribution in [3.05, 3.63) is 82.1 Å². The van der Waals surface area contributed by atoms with E-state index in [9.17, 15) is 4.79 Å². The molecule has 1 N–H and O–H groups in total. The van der Waals surface area contributed by atoms with E-state index in [1.807, 2.05) is 6.92 Å². The highest BCUT2D eigenvalue weighted by molar-refractivity contribution is 7.98. The van der Waals surface area contributed by atoms with Gasteiger partial charge in [0.1, 0.15) is 12.6 Å². The molecule has 0 fully saturated rings. The standard InChI is InChI=1S/C26H30N4O3S/c1-5-19-9-11-21(12-10-19)23-22(24(31)33-14-13-32-4)18(3)27-25-28-26(29-30(23)25)34-16-20-8-6-7-17(2)15-20/h6-12,15,23H,5,13-14,16H2,1-4H3,(H,27,28,29). The number of rotatable bonds is 9. The predicted octanol–water partition coefficient (Wildman–Crippen LogP) is 4.92. The maximum atomic E-state index is 13.1. The van der Waals surface area contributed by atoms with E-state index in [0.29, 0.717) is 29.0 Å². The van der Waals surface area contributed by atoms with E-state index >= 15 is 0 Å². The number of thioether (sulfide) groups is 1. The SMILES string of the molecule is CCc1ccc(C2C(C(=O)OCCOC)=C(C)Nc3nc(SCc4cccc(C)c4)nn32)cc1. The van der Waals surface area contributed by atoms with Crippen molar-refractivity contribution in [1.29, 1.82) is 0 Å². The van der Waals surface area contributed by atoms with Crippen LogP contribution in [0.5, 0.6) is 0 Å². The summed E-state index contributed by atoms with van der Waals surface area (Å²) in [5.41, 5.74) is 5.86. The monoisotopic (exact) mass is 478 g/mol. The zero-order valence-corrected chi connectivity index (χ0v) is 20.8. The third-order valence-electron chi connectivity index (χ3n) is 5.73. The fourth-order valence-corrected chi connectivity index (χ4v) is 4.72. The number of benzene rings is 2. The second kappa shape index (κ2) is 10.9. The normalized spacial score (nSPS) is 15.1. The van der Waals surface area contributed by atoms with Crippen LogP contribution in [0.2, 0.25) is 0 Å². The lowest BCUT2D eigenvalue weighted by atomic mass is 9.95. The van der Waals surface area contributed by atoms with Crippen LogP contribution in [-0.2, 0) is 26.4 Å². The number of aromatic nitrogens is 3. The van der Waals surface area contributed by atoms with Crippen molar-refractivity contribution in [2.75, 3.05) is 25.6 Å². The van der Waals surface area contributed by atoms with Crippen molar-refractivity contribution in [2.24, 2.45) is 0 Å². The molecular weight excluding hydrogens is 448 g/mol. The van der Waals surface area contributed by atoms with Crippen LogP contribution >= 0.6 is 11.8 Å². The van der Waals surface area contributed by atoms with Gasteiger partial charge in [0.25, 0.3) is 0 Å². The number of fused-ring (bicyclic) bond motifs is 1. The quantitative estimate of drug-likeness (QED) is 0.266. The fraction of sp³-hybridized carbons (Fsp3) is 0.346. The molecule has 3 aromatic rings. The molecular formula is C26H30N4O3S. The Hall–Kier alpha value is -3.10. The molecule has 8 heteroatoms. The molecule has 0 bridgehead atoms. The second-order valence-corrected chi connectivity index (χ2v) is 9.17. The number of hydrogen-bond donors (Lipinski definition) is 1. The Morgan fingerprint density at radius 2 is 1.91 bits per heavy atom. The average molecular weight is 479 g/mol. The van der Waals surface area contributed by atoms with Gasteiger partial charge in [-0.2, -0.15) is 4.98 Å². The molecule has 7 nitrogen and oxygen atoms in total. The lowest BCUT2D eigenvalue weighted by molar-refractivity contribution is -0.140. The zero-order chi connectivity index (χ0) is 24.1. The van der Waals surface area contributed by atoms with Gasteiger partial charge in [-0.3, -0.25) is 0 Å². The minimum atomic E-state index is -0.432. The summed E-state index contributed by atoms with van der Waals surface area (Å²) in [7, 11) is 1.58. The third-order valence-corrected chi connectivity index (χ3v) is 6.64. The third kappa shape index (κ3) is 5.34. The van der Waals surface area contributed by atoms with Gasteiger partial charge in [-0.1, -0.05) is 72.8 Å². The Balaban J connectivity index is 1.65.